The van der Waals surface area contributed by atoms with E-state index >= 15 is 0 Å². The Morgan fingerprint density at radius 3 is 2.65 bits per heavy atom. The topological polar surface area (TPSA) is 16.1 Å². The summed E-state index contributed by atoms with van der Waals surface area (Å²) in [5, 5.41) is 0. The predicted molar refractivity (Wildman–Crippen MR) is 67.9 cm³/mol. The summed E-state index contributed by atoms with van der Waals surface area (Å²) in [7, 11) is 0. The van der Waals surface area contributed by atoms with E-state index in [0.29, 0.717) is 0 Å². The Morgan fingerprint density at radius 2 is 2.00 bits per heavy atom. The third-order valence-corrected chi connectivity index (χ3v) is 2.52. The van der Waals surface area contributed by atoms with Crippen LogP contribution in [0.1, 0.15) is 13.3 Å². The molecule has 0 bridgehead atoms. The Kier molecular flexibility index (Phi) is 3.70. The van der Waals surface area contributed by atoms with Gasteiger partial charge in [0.15, 0.2) is 0 Å². The molecule has 0 aliphatic rings. The van der Waals surface area contributed by atoms with Gasteiger partial charge >= 0.3 is 0 Å². The number of nitrogens with zero attached hydrogens (tertiary/aromatic N) is 2. The Bertz CT molecular complexity index is 471. The molecule has 2 aromatic rings. The van der Waals surface area contributed by atoms with Crippen LogP contribution in [0, 0.1) is 5.82 Å². The SMILES string of the molecule is CCCN(c1cccnc1)c1cccc(F)c1. The van der Waals surface area contributed by atoms with E-state index in [-0.39, 0.29) is 5.82 Å². The van der Waals surface area contributed by atoms with Gasteiger partial charge in [-0.05, 0) is 36.8 Å². The Morgan fingerprint density at radius 1 is 1.18 bits per heavy atom. The summed E-state index contributed by atoms with van der Waals surface area (Å²) in [6.45, 7) is 2.94. The van der Waals surface area contributed by atoms with Gasteiger partial charge in [-0.1, -0.05) is 13.0 Å². The first-order valence-corrected chi connectivity index (χ1v) is 5.74. The standard InChI is InChI=1S/C14H15FN2/c1-2-9-17(14-7-4-8-16-11-14)13-6-3-5-12(15)10-13/h3-8,10-11H,2,9H2,1H3. The molecule has 88 valence electrons. The van der Waals surface area contributed by atoms with E-state index in [4.69, 9.17) is 0 Å². The highest BCUT2D eigenvalue weighted by molar-refractivity contribution is 5.62. The van der Waals surface area contributed by atoms with Crippen LogP contribution in [0.5, 0.6) is 0 Å². The fourth-order valence-electron chi connectivity index (χ4n) is 1.79. The number of rotatable bonds is 4. The molecule has 1 heterocycles. The van der Waals surface area contributed by atoms with Crippen LogP contribution in [0.2, 0.25) is 0 Å². The van der Waals surface area contributed by atoms with E-state index < -0.39 is 0 Å². The minimum Gasteiger partial charge on any atom is -0.340 e. The summed E-state index contributed by atoms with van der Waals surface area (Å²) in [6, 6.07) is 10.5. The zero-order valence-corrected chi connectivity index (χ0v) is 9.81. The Balaban J connectivity index is 2.35. The third-order valence-electron chi connectivity index (χ3n) is 2.52. The van der Waals surface area contributed by atoms with Crippen LogP contribution < -0.4 is 4.90 Å². The van der Waals surface area contributed by atoms with Crippen molar-refractivity contribution in [2.75, 3.05) is 11.4 Å². The van der Waals surface area contributed by atoms with Gasteiger partial charge in [0.1, 0.15) is 5.82 Å². The maximum Gasteiger partial charge on any atom is 0.125 e. The summed E-state index contributed by atoms with van der Waals surface area (Å²) in [5.74, 6) is -0.215. The second kappa shape index (κ2) is 5.43. The van der Waals surface area contributed by atoms with E-state index in [2.05, 4.69) is 16.8 Å². The highest BCUT2D eigenvalue weighted by Gasteiger charge is 2.08. The first-order valence-electron chi connectivity index (χ1n) is 5.74. The van der Waals surface area contributed by atoms with Crippen LogP contribution >= 0.6 is 0 Å². The average Bonchev–Trinajstić information content (AvgIpc) is 2.37. The smallest absolute Gasteiger partial charge is 0.125 e. The minimum atomic E-state index is -0.215. The van der Waals surface area contributed by atoms with Gasteiger partial charge in [-0.2, -0.15) is 0 Å². The van der Waals surface area contributed by atoms with Gasteiger partial charge in [0.2, 0.25) is 0 Å². The Hall–Kier alpha value is -1.90. The van der Waals surface area contributed by atoms with Crippen LogP contribution in [-0.4, -0.2) is 11.5 Å². The van der Waals surface area contributed by atoms with Crippen LogP contribution in [0.4, 0.5) is 15.8 Å². The number of anilines is 2. The molecule has 1 aromatic carbocycles. The summed E-state index contributed by atoms with van der Waals surface area (Å²) in [5.41, 5.74) is 1.85. The highest BCUT2D eigenvalue weighted by Crippen LogP contribution is 2.25. The maximum atomic E-state index is 13.2. The molecule has 0 radical (unpaired) electrons. The quantitative estimate of drug-likeness (QED) is 0.794. The summed E-state index contributed by atoms with van der Waals surface area (Å²) in [6.07, 6.45) is 4.52. The first kappa shape index (κ1) is 11.6. The number of hydrogen-bond acceptors (Lipinski definition) is 2. The molecular weight excluding hydrogens is 215 g/mol. The Labute approximate surface area is 101 Å². The zero-order chi connectivity index (χ0) is 12.1. The zero-order valence-electron chi connectivity index (χ0n) is 9.81. The van der Waals surface area contributed by atoms with Crippen molar-refractivity contribution >= 4 is 11.4 Å². The molecule has 0 aliphatic carbocycles. The molecule has 2 nitrogen and oxygen atoms in total. The molecule has 0 fully saturated rings. The largest absolute Gasteiger partial charge is 0.340 e. The minimum absolute atomic E-state index is 0.215. The van der Waals surface area contributed by atoms with Crippen LogP contribution in [0.3, 0.4) is 0 Å². The van der Waals surface area contributed by atoms with E-state index in [1.165, 1.54) is 6.07 Å². The van der Waals surface area contributed by atoms with E-state index in [0.717, 1.165) is 24.3 Å². The molecule has 3 heteroatoms. The van der Waals surface area contributed by atoms with Crippen LogP contribution in [-0.2, 0) is 0 Å². The number of halogens is 1. The lowest BCUT2D eigenvalue weighted by molar-refractivity contribution is 0.627. The fourth-order valence-corrected chi connectivity index (χ4v) is 1.79. The fraction of sp³-hybridized carbons (Fsp3) is 0.214. The molecule has 2 rings (SSSR count). The second-order valence-corrected chi connectivity index (χ2v) is 3.84. The van der Waals surface area contributed by atoms with E-state index in [1.807, 2.05) is 18.2 Å². The summed E-state index contributed by atoms with van der Waals surface area (Å²) < 4.78 is 13.2. The molecule has 1 aromatic heterocycles. The monoisotopic (exact) mass is 230 g/mol. The van der Waals surface area contributed by atoms with Crippen molar-refractivity contribution in [2.24, 2.45) is 0 Å². The lowest BCUT2D eigenvalue weighted by Crippen LogP contribution is -2.17. The lowest BCUT2D eigenvalue weighted by atomic mass is 10.2. The van der Waals surface area contributed by atoms with Crippen molar-refractivity contribution in [3.63, 3.8) is 0 Å². The van der Waals surface area contributed by atoms with Crippen molar-refractivity contribution in [3.05, 3.63) is 54.6 Å². The van der Waals surface area contributed by atoms with Gasteiger partial charge in [-0.25, -0.2) is 4.39 Å². The molecule has 0 saturated carbocycles. The van der Waals surface area contributed by atoms with Crippen LogP contribution in [0.15, 0.2) is 48.8 Å². The van der Waals surface area contributed by atoms with E-state index in [9.17, 15) is 4.39 Å². The third kappa shape index (κ3) is 2.81. The molecule has 0 aliphatic heterocycles. The van der Waals surface area contributed by atoms with Gasteiger partial charge in [-0.15, -0.1) is 0 Å². The molecule has 0 spiro atoms. The normalized spacial score (nSPS) is 10.2. The van der Waals surface area contributed by atoms with Gasteiger partial charge in [0.05, 0.1) is 11.9 Å². The molecule has 0 saturated heterocycles. The summed E-state index contributed by atoms with van der Waals surface area (Å²) in [4.78, 5) is 6.17. The van der Waals surface area contributed by atoms with Gasteiger partial charge in [0, 0.05) is 18.4 Å². The van der Waals surface area contributed by atoms with Crippen molar-refractivity contribution in [1.29, 1.82) is 0 Å². The molecule has 0 unspecified atom stereocenters. The molecule has 0 atom stereocenters. The molecule has 0 amide bonds. The van der Waals surface area contributed by atoms with Crippen molar-refractivity contribution in [1.82, 2.24) is 4.98 Å². The lowest BCUT2D eigenvalue weighted by Gasteiger charge is -2.24. The maximum absolute atomic E-state index is 13.2. The predicted octanol–water partition coefficient (Wildman–Crippen LogP) is 3.77. The number of hydrogen-bond donors (Lipinski definition) is 0. The molecular formula is C14H15FN2. The van der Waals surface area contributed by atoms with Crippen molar-refractivity contribution in [2.45, 2.75) is 13.3 Å². The van der Waals surface area contributed by atoms with Gasteiger partial charge in [-0.3, -0.25) is 4.98 Å². The first-order chi connectivity index (χ1) is 8.31. The average molecular weight is 230 g/mol. The molecule has 0 N–H and O–H groups in total. The van der Waals surface area contributed by atoms with E-state index in [1.54, 1.807) is 24.5 Å². The highest BCUT2D eigenvalue weighted by atomic mass is 19.1. The van der Waals surface area contributed by atoms with Gasteiger partial charge in [0.25, 0.3) is 0 Å². The van der Waals surface area contributed by atoms with Gasteiger partial charge < -0.3 is 4.90 Å². The molecule has 17 heavy (non-hydrogen) atoms. The number of benzene rings is 1. The second-order valence-electron chi connectivity index (χ2n) is 3.84. The van der Waals surface area contributed by atoms with Crippen molar-refractivity contribution in [3.8, 4) is 0 Å². The number of aromatic nitrogens is 1. The number of pyridine rings is 1. The summed E-state index contributed by atoms with van der Waals surface area (Å²) >= 11 is 0. The van der Waals surface area contributed by atoms with Crippen LogP contribution in [0.25, 0.3) is 0 Å². The van der Waals surface area contributed by atoms with Crippen molar-refractivity contribution < 1.29 is 4.39 Å².